The number of nitrogens with zero attached hydrogens (tertiary/aromatic N) is 1. The molecule has 0 saturated heterocycles. The van der Waals surface area contributed by atoms with Crippen molar-refractivity contribution in [3.63, 3.8) is 0 Å². The molecular weight excluding hydrogens is 592 g/mol. The lowest BCUT2D eigenvalue weighted by molar-refractivity contribution is -0.385. The molecule has 0 bridgehead atoms. The smallest absolute Gasteiger partial charge is 0.308 e. The van der Waals surface area contributed by atoms with E-state index in [1.165, 1.54) is 20.3 Å². The summed E-state index contributed by atoms with van der Waals surface area (Å²) in [6.45, 7) is 1.20. The molecule has 2 fully saturated rings. The van der Waals surface area contributed by atoms with Gasteiger partial charge in [0, 0.05) is 31.8 Å². The van der Waals surface area contributed by atoms with Crippen LogP contribution < -0.4 is 16.4 Å². The number of carbonyl (C=O) groups excluding carboxylic acids is 4. The van der Waals surface area contributed by atoms with E-state index in [0.29, 0.717) is 42.6 Å². The van der Waals surface area contributed by atoms with Gasteiger partial charge in [-0.3, -0.25) is 29.3 Å². The van der Waals surface area contributed by atoms with Crippen molar-refractivity contribution in [1.82, 2.24) is 10.6 Å². The second-order valence-electron chi connectivity index (χ2n) is 12.0. The standard InChI is InChI=1S/C17H22N2O5.C17H24N2O3.H2/c1-24-17(21)13-8-6-12(7-9-13)11-18-16(20)10-14-4-2-3-5-15(14)19(22)23;1-22-17(21)13-8-6-12(7-9-13)11-19-16(20)10-14-4-2-3-5-15(14)18;/h2-5,12-13H,6-11H2,1H3,(H,18,20);2-5,12-13H,6-11,18H2,1H3,(H,19,20);1H. The average Bonchev–Trinajstić information content (AvgIpc) is 3.07. The Labute approximate surface area is 271 Å². The van der Waals surface area contributed by atoms with Crippen LogP contribution in [0.4, 0.5) is 11.4 Å². The van der Waals surface area contributed by atoms with E-state index >= 15 is 0 Å². The number of carbonyl (C=O) groups is 4. The molecule has 4 N–H and O–H groups in total. The maximum absolute atomic E-state index is 12.0. The number of esters is 2. The Morgan fingerprint density at radius 1 is 0.739 bits per heavy atom. The molecule has 12 nitrogen and oxygen atoms in total. The summed E-state index contributed by atoms with van der Waals surface area (Å²) in [5, 5.41) is 16.8. The summed E-state index contributed by atoms with van der Waals surface area (Å²) in [5.41, 5.74) is 7.72. The number of nitrogens with one attached hydrogen (secondary N) is 2. The number of rotatable bonds is 11. The zero-order valence-corrected chi connectivity index (χ0v) is 26.7. The third kappa shape index (κ3) is 11.5. The predicted molar refractivity (Wildman–Crippen MR) is 174 cm³/mol. The van der Waals surface area contributed by atoms with Gasteiger partial charge in [0.1, 0.15) is 0 Å². The fourth-order valence-electron chi connectivity index (χ4n) is 6.06. The molecule has 2 aliphatic carbocycles. The number of para-hydroxylation sites is 2. The quantitative estimate of drug-likeness (QED) is 0.139. The van der Waals surface area contributed by atoms with Crippen LogP contribution in [-0.4, -0.2) is 56.0 Å². The van der Waals surface area contributed by atoms with Crippen molar-refractivity contribution < 1.29 is 35.0 Å². The Balaban J connectivity index is 0.000000321. The first kappa shape index (κ1) is 36.0. The number of methoxy groups -OCH3 is 2. The second-order valence-corrected chi connectivity index (χ2v) is 12.0. The Morgan fingerprint density at radius 2 is 1.15 bits per heavy atom. The first-order valence-corrected chi connectivity index (χ1v) is 15.9. The summed E-state index contributed by atoms with van der Waals surface area (Å²) in [4.78, 5) is 57.5. The van der Waals surface area contributed by atoms with Crippen LogP contribution in [-0.2, 0) is 41.5 Å². The van der Waals surface area contributed by atoms with Crippen molar-refractivity contribution in [2.75, 3.05) is 33.0 Å². The molecule has 2 amide bonds. The molecule has 0 radical (unpaired) electrons. The monoisotopic (exact) mass is 640 g/mol. The molecule has 0 spiro atoms. The molecule has 2 aromatic carbocycles. The van der Waals surface area contributed by atoms with Crippen molar-refractivity contribution in [1.29, 1.82) is 0 Å². The van der Waals surface area contributed by atoms with Gasteiger partial charge in [0.15, 0.2) is 0 Å². The van der Waals surface area contributed by atoms with Gasteiger partial charge in [-0.05, 0) is 74.8 Å². The molecule has 2 saturated carbocycles. The highest BCUT2D eigenvalue weighted by Crippen LogP contribution is 2.30. The average molecular weight is 641 g/mol. The maximum atomic E-state index is 12.0. The highest BCUT2D eigenvalue weighted by Gasteiger charge is 2.28. The van der Waals surface area contributed by atoms with Crippen LogP contribution >= 0.6 is 0 Å². The van der Waals surface area contributed by atoms with Crippen molar-refractivity contribution in [2.45, 2.75) is 64.2 Å². The first-order chi connectivity index (χ1) is 22.1. The van der Waals surface area contributed by atoms with Gasteiger partial charge < -0.3 is 25.8 Å². The molecule has 12 heteroatoms. The van der Waals surface area contributed by atoms with Crippen molar-refractivity contribution in [3.05, 3.63) is 69.8 Å². The van der Waals surface area contributed by atoms with Gasteiger partial charge in [-0.1, -0.05) is 36.4 Å². The molecule has 252 valence electrons. The van der Waals surface area contributed by atoms with Gasteiger partial charge in [0.05, 0.1) is 43.8 Å². The fraction of sp³-hybridized carbons (Fsp3) is 0.529. The minimum Gasteiger partial charge on any atom is -0.469 e. The van der Waals surface area contributed by atoms with Crippen LogP contribution in [0.2, 0.25) is 0 Å². The summed E-state index contributed by atoms with van der Waals surface area (Å²) < 4.78 is 9.54. The molecule has 0 unspecified atom stereocenters. The highest BCUT2D eigenvalue weighted by atomic mass is 16.6. The highest BCUT2D eigenvalue weighted by molar-refractivity contribution is 5.80. The lowest BCUT2D eigenvalue weighted by Crippen LogP contribution is -2.33. The molecular formula is C34H48N4O8. The van der Waals surface area contributed by atoms with Crippen LogP contribution in [0.5, 0.6) is 0 Å². The summed E-state index contributed by atoms with van der Waals surface area (Å²) in [7, 11) is 2.83. The molecule has 0 heterocycles. The molecule has 4 rings (SSSR count). The Morgan fingerprint density at radius 3 is 1.59 bits per heavy atom. The van der Waals surface area contributed by atoms with Crippen LogP contribution in [0.25, 0.3) is 0 Å². The molecule has 46 heavy (non-hydrogen) atoms. The zero-order valence-electron chi connectivity index (χ0n) is 26.7. The normalized spacial score (nSPS) is 20.7. The summed E-state index contributed by atoms with van der Waals surface area (Å²) in [6, 6.07) is 13.7. The summed E-state index contributed by atoms with van der Waals surface area (Å²) >= 11 is 0. The number of benzene rings is 2. The topological polar surface area (TPSA) is 180 Å². The van der Waals surface area contributed by atoms with E-state index in [2.05, 4.69) is 10.6 Å². The van der Waals surface area contributed by atoms with Gasteiger partial charge >= 0.3 is 11.9 Å². The number of nitrogens with two attached hydrogens (primary N) is 1. The molecule has 2 aromatic rings. The van der Waals surface area contributed by atoms with Crippen molar-refractivity contribution in [3.8, 4) is 0 Å². The van der Waals surface area contributed by atoms with Crippen LogP contribution in [0, 0.1) is 33.8 Å². The number of ether oxygens (including phenoxy) is 2. The van der Waals surface area contributed by atoms with E-state index in [1.54, 1.807) is 24.3 Å². The number of nitro benzene ring substituents is 1. The third-order valence-corrected chi connectivity index (χ3v) is 8.88. The van der Waals surface area contributed by atoms with Gasteiger partial charge in [-0.15, -0.1) is 0 Å². The number of hydrogen-bond acceptors (Lipinski definition) is 9. The maximum Gasteiger partial charge on any atom is 0.308 e. The van der Waals surface area contributed by atoms with E-state index in [1.807, 2.05) is 18.2 Å². The molecule has 0 aliphatic heterocycles. The Bertz CT molecular complexity index is 1340. The first-order valence-electron chi connectivity index (χ1n) is 15.9. The Kier molecular flexibility index (Phi) is 14.5. The molecule has 2 aliphatic rings. The summed E-state index contributed by atoms with van der Waals surface area (Å²) in [6.07, 6.45) is 7.18. The van der Waals surface area contributed by atoms with Crippen molar-refractivity contribution in [2.24, 2.45) is 23.7 Å². The van der Waals surface area contributed by atoms with E-state index in [9.17, 15) is 29.3 Å². The fourth-order valence-corrected chi connectivity index (χ4v) is 6.06. The number of nitro groups is 1. The number of hydrogen-bond donors (Lipinski definition) is 3. The number of nitrogen functional groups attached to an aromatic ring is 1. The number of anilines is 1. The van der Waals surface area contributed by atoms with Gasteiger partial charge in [0.25, 0.3) is 5.69 Å². The summed E-state index contributed by atoms with van der Waals surface area (Å²) in [5.74, 6) is 0.275. The molecule has 0 atom stereocenters. The van der Waals surface area contributed by atoms with Gasteiger partial charge in [-0.25, -0.2) is 0 Å². The largest absolute Gasteiger partial charge is 0.469 e. The van der Waals surface area contributed by atoms with E-state index in [4.69, 9.17) is 15.2 Å². The van der Waals surface area contributed by atoms with Crippen LogP contribution in [0.3, 0.4) is 0 Å². The second kappa shape index (κ2) is 18.5. The minimum atomic E-state index is -0.475. The lowest BCUT2D eigenvalue weighted by atomic mass is 9.82. The van der Waals surface area contributed by atoms with Crippen molar-refractivity contribution >= 4 is 35.1 Å². The predicted octanol–water partition coefficient (Wildman–Crippen LogP) is 4.39. The lowest BCUT2D eigenvalue weighted by Gasteiger charge is -2.27. The minimum absolute atomic E-state index is 0. The van der Waals surface area contributed by atoms with E-state index < -0.39 is 4.92 Å². The van der Waals surface area contributed by atoms with Gasteiger partial charge in [-0.2, -0.15) is 0 Å². The SMILES string of the molecule is COC(=O)C1CCC(CNC(=O)Cc2ccccc2N)CC1.COC(=O)C1CCC(CNC(=O)Cc2ccccc2[N+](=O)[O-])CC1.[HH]. The number of amides is 2. The molecule has 0 aromatic heterocycles. The third-order valence-electron chi connectivity index (χ3n) is 8.88. The zero-order chi connectivity index (χ0) is 33.5. The Hall–Kier alpha value is -4.48. The van der Waals surface area contributed by atoms with E-state index in [-0.39, 0.29) is 49.1 Å². The van der Waals surface area contributed by atoms with Gasteiger partial charge in [0.2, 0.25) is 11.8 Å². The van der Waals surface area contributed by atoms with Crippen LogP contribution in [0.1, 0.15) is 63.9 Å². The van der Waals surface area contributed by atoms with E-state index in [0.717, 1.165) is 56.9 Å². The van der Waals surface area contributed by atoms with Crippen LogP contribution in [0.15, 0.2) is 48.5 Å².